The van der Waals surface area contributed by atoms with Gasteiger partial charge in [-0.1, -0.05) is 0 Å². The minimum absolute atomic E-state index is 0.351. The van der Waals surface area contributed by atoms with Gasteiger partial charge in [0.05, 0.1) is 18.4 Å². The molecule has 0 unspecified atom stereocenters. The van der Waals surface area contributed by atoms with E-state index < -0.39 is 11.7 Å². The van der Waals surface area contributed by atoms with Gasteiger partial charge in [-0.15, -0.1) is 12.6 Å². The van der Waals surface area contributed by atoms with E-state index in [1.807, 2.05) is 20.8 Å². The van der Waals surface area contributed by atoms with Crippen LogP contribution in [0, 0.1) is 0 Å². The van der Waals surface area contributed by atoms with Gasteiger partial charge in [0.1, 0.15) is 5.60 Å². The van der Waals surface area contributed by atoms with E-state index in [1.54, 1.807) is 17.9 Å². The van der Waals surface area contributed by atoms with Crippen molar-refractivity contribution in [2.45, 2.75) is 37.8 Å². The molecule has 0 bridgehead atoms. The predicted octanol–water partition coefficient (Wildman–Crippen LogP) is 1.73. The van der Waals surface area contributed by atoms with Gasteiger partial charge >= 0.3 is 6.09 Å². The number of nitrogens with one attached hydrogen (secondary N) is 1. The number of aryl methyl sites for hydroxylation is 1. The summed E-state index contributed by atoms with van der Waals surface area (Å²) in [5.41, 5.74) is 0.356. The molecule has 1 rings (SSSR count). The van der Waals surface area contributed by atoms with Crippen LogP contribution >= 0.6 is 12.6 Å². The summed E-state index contributed by atoms with van der Waals surface area (Å²) in [6, 6.07) is 0. The van der Waals surface area contributed by atoms with Crippen molar-refractivity contribution in [3.05, 3.63) is 11.9 Å². The average Bonchev–Trinajstić information content (AvgIpc) is 2.41. The number of alkyl carbamates (subject to hydrolysis) is 1. The van der Waals surface area contributed by atoms with Crippen molar-refractivity contribution in [2.75, 3.05) is 0 Å². The molecule has 1 amide bonds. The number of carbonyl (C=O) groups is 1. The summed E-state index contributed by atoms with van der Waals surface area (Å²) in [6.07, 6.45) is 1.19. The summed E-state index contributed by atoms with van der Waals surface area (Å²) < 4.78 is 6.78. The molecule has 0 atom stereocenters. The molecule has 1 heterocycles. The molecule has 5 nitrogen and oxygen atoms in total. The second-order valence-corrected chi connectivity index (χ2v) is 4.94. The molecule has 1 N–H and O–H groups in total. The highest BCUT2D eigenvalue weighted by Gasteiger charge is 2.16. The van der Waals surface area contributed by atoms with E-state index in [9.17, 15) is 4.79 Å². The number of hydrogen-bond donors (Lipinski definition) is 2. The minimum Gasteiger partial charge on any atom is -0.444 e. The van der Waals surface area contributed by atoms with Crippen LogP contribution in [-0.2, 0) is 18.3 Å². The molecule has 0 saturated heterocycles. The van der Waals surface area contributed by atoms with Gasteiger partial charge in [0.25, 0.3) is 0 Å². The monoisotopic (exact) mass is 243 g/mol. The lowest BCUT2D eigenvalue weighted by Gasteiger charge is -2.19. The van der Waals surface area contributed by atoms with Gasteiger partial charge in [-0.3, -0.25) is 4.68 Å². The maximum Gasteiger partial charge on any atom is 0.407 e. The molecule has 0 aromatic carbocycles. The molecule has 1 aromatic rings. The van der Waals surface area contributed by atoms with Crippen LogP contribution in [0.5, 0.6) is 0 Å². The summed E-state index contributed by atoms with van der Waals surface area (Å²) in [7, 11) is 1.80. The van der Waals surface area contributed by atoms with Gasteiger partial charge in [0, 0.05) is 11.9 Å². The van der Waals surface area contributed by atoms with Gasteiger partial charge in [0.2, 0.25) is 0 Å². The van der Waals surface area contributed by atoms with Crippen LogP contribution in [0.3, 0.4) is 0 Å². The molecule has 0 aliphatic rings. The molecule has 0 fully saturated rings. The topological polar surface area (TPSA) is 56.2 Å². The normalized spacial score (nSPS) is 11.3. The zero-order chi connectivity index (χ0) is 12.3. The number of thiol groups is 1. The lowest BCUT2D eigenvalue weighted by Crippen LogP contribution is -2.32. The van der Waals surface area contributed by atoms with Crippen molar-refractivity contribution in [3.8, 4) is 0 Å². The van der Waals surface area contributed by atoms with Gasteiger partial charge in [-0.25, -0.2) is 4.79 Å². The standard InChI is InChI=1S/C10H17N3O2S/c1-10(2,3)15-9(14)11-5-7-8(16)6-12-13(7)4/h6,16H,5H2,1-4H3,(H,11,14). The number of aromatic nitrogens is 2. The molecule has 16 heavy (non-hydrogen) atoms. The third kappa shape index (κ3) is 3.77. The summed E-state index contributed by atoms with van der Waals surface area (Å²) in [6.45, 7) is 5.81. The molecule has 0 spiro atoms. The van der Waals surface area contributed by atoms with Crippen LogP contribution in [0.2, 0.25) is 0 Å². The molecule has 1 aromatic heterocycles. The third-order valence-electron chi connectivity index (χ3n) is 1.84. The zero-order valence-corrected chi connectivity index (χ0v) is 10.8. The molecule has 0 aliphatic carbocycles. The van der Waals surface area contributed by atoms with Gasteiger partial charge in [0.15, 0.2) is 0 Å². The van der Waals surface area contributed by atoms with Gasteiger partial charge in [-0.05, 0) is 20.8 Å². The lowest BCUT2D eigenvalue weighted by atomic mass is 10.2. The second kappa shape index (κ2) is 4.78. The van der Waals surface area contributed by atoms with E-state index in [1.165, 1.54) is 0 Å². The van der Waals surface area contributed by atoms with E-state index in [0.717, 1.165) is 10.6 Å². The Morgan fingerprint density at radius 3 is 2.69 bits per heavy atom. The average molecular weight is 243 g/mol. The van der Waals surface area contributed by atoms with Crippen molar-refractivity contribution in [1.29, 1.82) is 0 Å². The molecular weight excluding hydrogens is 226 g/mol. The number of carbonyl (C=O) groups excluding carboxylic acids is 1. The quantitative estimate of drug-likeness (QED) is 0.778. The zero-order valence-electron chi connectivity index (χ0n) is 9.94. The smallest absolute Gasteiger partial charge is 0.407 e. The first-order chi connectivity index (χ1) is 7.29. The lowest BCUT2D eigenvalue weighted by molar-refractivity contribution is 0.0522. The van der Waals surface area contributed by atoms with Gasteiger partial charge < -0.3 is 10.1 Å². The Bertz CT molecular complexity index is 362. The Kier molecular flexibility index (Phi) is 3.85. The first-order valence-electron chi connectivity index (χ1n) is 4.96. The molecule has 0 radical (unpaired) electrons. The Hall–Kier alpha value is -1.17. The SMILES string of the molecule is Cn1ncc(S)c1CNC(=O)OC(C)(C)C. The van der Waals surface area contributed by atoms with Crippen LogP contribution < -0.4 is 5.32 Å². The van der Waals surface area contributed by atoms with Crippen molar-refractivity contribution < 1.29 is 9.53 Å². The number of rotatable bonds is 2. The van der Waals surface area contributed by atoms with E-state index in [0.29, 0.717) is 6.54 Å². The van der Waals surface area contributed by atoms with Crippen LogP contribution in [-0.4, -0.2) is 21.5 Å². The first kappa shape index (κ1) is 12.9. The Labute approximate surface area is 101 Å². The maximum absolute atomic E-state index is 11.4. The van der Waals surface area contributed by atoms with Crippen LogP contribution in [0.4, 0.5) is 4.79 Å². The largest absolute Gasteiger partial charge is 0.444 e. The Morgan fingerprint density at radius 2 is 2.25 bits per heavy atom. The molecule has 6 heteroatoms. The minimum atomic E-state index is -0.486. The first-order valence-corrected chi connectivity index (χ1v) is 5.41. The highest BCUT2D eigenvalue weighted by atomic mass is 32.1. The summed E-state index contributed by atoms with van der Waals surface area (Å²) >= 11 is 4.23. The van der Waals surface area contributed by atoms with Crippen molar-refractivity contribution in [1.82, 2.24) is 15.1 Å². The fourth-order valence-electron chi connectivity index (χ4n) is 1.13. The van der Waals surface area contributed by atoms with E-state index in [2.05, 4.69) is 23.0 Å². The maximum atomic E-state index is 11.4. The highest BCUT2D eigenvalue weighted by Crippen LogP contribution is 2.12. The predicted molar refractivity (Wildman–Crippen MR) is 63.5 cm³/mol. The Morgan fingerprint density at radius 1 is 1.62 bits per heavy atom. The van der Waals surface area contributed by atoms with Crippen molar-refractivity contribution >= 4 is 18.7 Å². The molecule has 90 valence electrons. The molecule has 0 aliphatic heterocycles. The van der Waals surface area contributed by atoms with E-state index >= 15 is 0 Å². The summed E-state index contributed by atoms with van der Waals surface area (Å²) in [4.78, 5) is 12.1. The Balaban J connectivity index is 2.50. The van der Waals surface area contributed by atoms with Crippen molar-refractivity contribution in [3.63, 3.8) is 0 Å². The number of nitrogens with zero attached hydrogens (tertiary/aromatic N) is 2. The summed E-state index contributed by atoms with van der Waals surface area (Å²) in [5.74, 6) is 0. The highest BCUT2D eigenvalue weighted by molar-refractivity contribution is 7.80. The van der Waals surface area contributed by atoms with Crippen LogP contribution in [0.15, 0.2) is 11.1 Å². The van der Waals surface area contributed by atoms with Gasteiger partial charge in [-0.2, -0.15) is 5.10 Å². The molecular formula is C10H17N3O2S. The summed E-state index contributed by atoms with van der Waals surface area (Å²) in [5, 5.41) is 6.67. The fourth-order valence-corrected chi connectivity index (χ4v) is 1.40. The third-order valence-corrected chi connectivity index (χ3v) is 2.21. The second-order valence-electron chi connectivity index (χ2n) is 4.46. The fraction of sp³-hybridized carbons (Fsp3) is 0.600. The molecule has 0 saturated carbocycles. The number of hydrogen-bond acceptors (Lipinski definition) is 4. The van der Waals surface area contributed by atoms with E-state index in [-0.39, 0.29) is 0 Å². The number of amides is 1. The number of ether oxygens (including phenoxy) is 1. The van der Waals surface area contributed by atoms with Crippen LogP contribution in [0.1, 0.15) is 26.5 Å². The van der Waals surface area contributed by atoms with Crippen LogP contribution in [0.25, 0.3) is 0 Å². The van der Waals surface area contributed by atoms with E-state index in [4.69, 9.17) is 4.74 Å². The van der Waals surface area contributed by atoms with Crippen molar-refractivity contribution in [2.24, 2.45) is 7.05 Å².